The fourth-order valence-electron chi connectivity index (χ4n) is 2.89. The Morgan fingerprint density at radius 2 is 1.92 bits per heavy atom. The molecule has 2 aromatic carbocycles. The maximum atomic E-state index is 12.7. The zero-order valence-electron chi connectivity index (χ0n) is 14.2. The van der Waals surface area contributed by atoms with E-state index in [2.05, 4.69) is 10.3 Å². The largest absolute Gasteiger partial charge is 0.416 e. The predicted octanol–water partition coefficient (Wildman–Crippen LogP) is 3.72. The van der Waals surface area contributed by atoms with E-state index in [0.29, 0.717) is 18.7 Å². The van der Waals surface area contributed by atoms with Crippen LogP contribution in [0.15, 0.2) is 48.5 Å². The third-order valence-corrected chi connectivity index (χ3v) is 4.12. The van der Waals surface area contributed by atoms with Gasteiger partial charge in [0.15, 0.2) is 0 Å². The maximum Gasteiger partial charge on any atom is 0.416 e. The molecule has 3 rings (SSSR count). The molecule has 0 aliphatic carbocycles. The van der Waals surface area contributed by atoms with Crippen LogP contribution in [0.1, 0.15) is 17.0 Å². The van der Waals surface area contributed by atoms with Crippen LogP contribution in [-0.2, 0) is 23.9 Å². The van der Waals surface area contributed by atoms with Crippen molar-refractivity contribution in [1.29, 1.82) is 0 Å². The number of carbonyl (C=O) groups excluding carboxylic acids is 1. The van der Waals surface area contributed by atoms with Gasteiger partial charge in [0.2, 0.25) is 5.91 Å². The molecule has 1 N–H and O–H groups in total. The molecular weight excluding hydrogens is 343 g/mol. The number of para-hydroxylation sites is 2. The van der Waals surface area contributed by atoms with Crippen LogP contribution in [0, 0.1) is 6.92 Å². The van der Waals surface area contributed by atoms with E-state index in [1.54, 1.807) is 0 Å². The molecule has 4 nitrogen and oxygen atoms in total. The Morgan fingerprint density at radius 3 is 2.69 bits per heavy atom. The monoisotopic (exact) mass is 361 g/mol. The van der Waals surface area contributed by atoms with E-state index in [9.17, 15) is 18.0 Å². The van der Waals surface area contributed by atoms with Crippen LogP contribution in [0.4, 0.5) is 13.2 Å². The van der Waals surface area contributed by atoms with Crippen molar-refractivity contribution in [3.05, 3.63) is 65.5 Å². The molecule has 0 saturated heterocycles. The van der Waals surface area contributed by atoms with Crippen LogP contribution >= 0.6 is 0 Å². The Morgan fingerprint density at radius 1 is 1.15 bits per heavy atom. The average molecular weight is 361 g/mol. The number of nitrogens with zero attached hydrogens (tertiary/aromatic N) is 2. The number of hydrogen-bond donors (Lipinski definition) is 1. The standard InChI is InChI=1S/C19H18F3N3O/c1-13-24-16-7-2-3-8-17(16)25(13)10-9-23-18(26)12-14-5-4-6-15(11-14)19(20,21)22/h2-8,11H,9-10,12H2,1H3,(H,23,26). The first-order valence-electron chi connectivity index (χ1n) is 8.19. The van der Waals surface area contributed by atoms with Crippen molar-refractivity contribution in [3.8, 4) is 0 Å². The van der Waals surface area contributed by atoms with Crippen molar-refractivity contribution in [2.75, 3.05) is 6.54 Å². The van der Waals surface area contributed by atoms with Crippen LogP contribution in [-0.4, -0.2) is 22.0 Å². The SMILES string of the molecule is Cc1nc2ccccc2n1CCNC(=O)Cc1cccc(C(F)(F)F)c1. The van der Waals surface area contributed by atoms with Crippen molar-refractivity contribution in [2.45, 2.75) is 26.1 Å². The second kappa shape index (κ2) is 7.19. The lowest BCUT2D eigenvalue weighted by Crippen LogP contribution is -2.28. The zero-order chi connectivity index (χ0) is 18.7. The fourth-order valence-corrected chi connectivity index (χ4v) is 2.89. The summed E-state index contributed by atoms with van der Waals surface area (Å²) in [6, 6.07) is 12.5. The lowest BCUT2D eigenvalue weighted by Gasteiger charge is -2.10. The number of imidazole rings is 1. The van der Waals surface area contributed by atoms with Gasteiger partial charge in [0.25, 0.3) is 0 Å². The minimum absolute atomic E-state index is 0.0897. The molecule has 1 amide bonds. The summed E-state index contributed by atoms with van der Waals surface area (Å²) in [4.78, 5) is 16.5. The van der Waals surface area contributed by atoms with Gasteiger partial charge in [-0.15, -0.1) is 0 Å². The lowest BCUT2D eigenvalue weighted by molar-refractivity contribution is -0.137. The molecule has 0 bridgehead atoms. The number of amides is 1. The summed E-state index contributed by atoms with van der Waals surface area (Å²) in [5.41, 5.74) is 1.46. The number of carbonyl (C=O) groups is 1. The van der Waals surface area contributed by atoms with Crippen LogP contribution in [0.5, 0.6) is 0 Å². The molecule has 1 heterocycles. The van der Waals surface area contributed by atoms with Crippen molar-refractivity contribution >= 4 is 16.9 Å². The summed E-state index contributed by atoms with van der Waals surface area (Å²) in [7, 11) is 0. The minimum atomic E-state index is -4.41. The molecule has 0 spiro atoms. The summed E-state index contributed by atoms with van der Waals surface area (Å²) in [5, 5.41) is 2.75. The summed E-state index contributed by atoms with van der Waals surface area (Å²) >= 11 is 0. The molecule has 3 aromatic rings. The molecule has 0 radical (unpaired) electrons. The Labute approximate surface area is 148 Å². The topological polar surface area (TPSA) is 46.9 Å². The smallest absolute Gasteiger partial charge is 0.354 e. The van der Waals surface area contributed by atoms with Crippen LogP contribution in [0.3, 0.4) is 0 Å². The van der Waals surface area contributed by atoms with Crippen molar-refractivity contribution in [2.24, 2.45) is 0 Å². The minimum Gasteiger partial charge on any atom is -0.354 e. The number of rotatable bonds is 5. The van der Waals surface area contributed by atoms with Gasteiger partial charge in [-0.2, -0.15) is 13.2 Å². The molecule has 26 heavy (non-hydrogen) atoms. The highest BCUT2D eigenvalue weighted by Crippen LogP contribution is 2.29. The van der Waals surface area contributed by atoms with Crippen LogP contribution in [0.25, 0.3) is 11.0 Å². The van der Waals surface area contributed by atoms with E-state index in [0.717, 1.165) is 29.0 Å². The summed E-state index contributed by atoms with van der Waals surface area (Å²) < 4.78 is 40.2. The van der Waals surface area contributed by atoms with E-state index in [1.807, 2.05) is 35.8 Å². The highest BCUT2D eigenvalue weighted by molar-refractivity contribution is 5.78. The van der Waals surface area contributed by atoms with Gasteiger partial charge < -0.3 is 9.88 Å². The molecule has 1 aromatic heterocycles. The molecule has 0 unspecified atom stereocenters. The van der Waals surface area contributed by atoms with Gasteiger partial charge >= 0.3 is 6.18 Å². The van der Waals surface area contributed by atoms with Gasteiger partial charge in [-0.1, -0.05) is 30.3 Å². The Hall–Kier alpha value is -2.83. The van der Waals surface area contributed by atoms with Crippen molar-refractivity contribution < 1.29 is 18.0 Å². The van der Waals surface area contributed by atoms with Gasteiger partial charge in [-0.25, -0.2) is 4.98 Å². The van der Waals surface area contributed by atoms with Gasteiger partial charge in [0, 0.05) is 13.1 Å². The number of halogens is 3. The second-order valence-corrected chi connectivity index (χ2v) is 6.02. The number of alkyl halides is 3. The van der Waals surface area contributed by atoms with E-state index >= 15 is 0 Å². The molecule has 136 valence electrons. The van der Waals surface area contributed by atoms with E-state index in [-0.39, 0.29) is 12.3 Å². The Balaban J connectivity index is 1.59. The van der Waals surface area contributed by atoms with Gasteiger partial charge in [0.05, 0.1) is 23.0 Å². The quantitative estimate of drug-likeness (QED) is 0.753. The normalized spacial score (nSPS) is 11.7. The highest BCUT2D eigenvalue weighted by Gasteiger charge is 2.30. The Bertz CT molecular complexity index is 931. The second-order valence-electron chi connectivity index (χ2n) is 6.02. The summed E-state index contributed by atoms with van der Waals surface area (Å²) in [6.45, 7) is 2.81. The van der Waals surface area contributed by atoms with Crippen LogP contribution in [0.2, 0.25) is 0 Å². The van der Waals surface area contributed by atoms with E-state index in [4.69, 9.17) is 0 Å². The first-order valence-corrected chi connectivity index (χ1v) is 8.19. The third kappa shape index (κ3) is 4.04. The molecule has 7 heteroatoms. The maximum absolute atomic E-state index is 12.7. The number of fused-ring (bicyclic) bond motifs is 1. The molecule has 0 saturated carbocycles. The summed E-state index contributed by atoms with van der Waals surface area (Å²) in [5.74, 6) is 0.532. The summed E-state index contributed by atoms with van der Waals surface area (Å²) in [6.07, 6.45) is -4.50. The first-order chi connectivity index (χ1) is 12.3. The van der Waals surface area contributed by atoms with E-state index in [1.165, 1.54) is 12.1 Å². The van der Waals surface area contributed by atoms with Crippen molar-refractivity contribution in [1.82, 2.24) is 14.9 Å². The number of aromatic nitrogens is 2. The number of benzene rings is 2. The predicted molar refractivity (Wildman–Crippen MR) is 92.6 cm³/mol. The highest BCUT2D eigenvalue weighted by atomic mass is 19.4. The molecule has 0 atom stereocenters. The molecule has 0 aliphatic rings. The molecule has 0 aliphatic heterocycles. The number of hydrogen-bond acceptors (Lipinski definition) is 2. The molecular formula is C19H18F3N3O. The van der Waals surface area contributed by atoms with Gasteiger partial charge in [0.1, 0.15) is 5.82 Å². The average Bonchev–Trinajstić information content (AvgIpc) is 2.90. The van der Waals surface area contributed by atoms with Crippen molar-refractivity contribution in [3.63, 3.8) is 0 Å². The zero-order valence-corrected chi connectivity index (χ0v) is 14.2. The van der Waals surface area contributed by atoms with Crippen LogP contribution < -0.4 is 5.32 Å². The van der Waals surface area contributed by atoms with Gasteiger partial charge in [-0.05, 0) is 30.7 Å². The Kier molecular flexibility index (Phi) is 4.97. The first kappa shape index (κ1) is 18.0. The third-order valence-electron chi connectivity index (χ3n) is 4.12. The fraction of sp³-hybridized carbons (Fsp3) is 0.263. The van der Waals surface area contributed by atoms with E-state index < -0.39 is 11.7 Å². The lowest BCUT2D eigenvalue weighted by atomic mass is 10.1. The number of nitrogens with one attached hydrogen (secondary N) is 1. The number of aryl methyl sites for hydroxylation is 1. The molecule has 0 fully saturated rings. The van der Waals surface area contributed by atoms with Gasteiger partial charge in [-0.3, -0.25) is 4.79 Å².